The second-order valence-electron chi connectivity index (χ2n) is 10.8. The molecule has 0 saturated carbocycles. The van der Waals surface area contributed by atoms with E-state index in [-0.39, 0.29) is 18.9 Å². The summed E-state index contributed by atoms with van der Waals surface area (Å²) in [6.45, 7) is 6.96. The fourth-order valence-corrected chi connectivity index (χ4v) is 5.32. The van der Waals surface area contributed by atoms with Crippen LogP contribution in [0.4, 0.5) is 10.1 Å². The summed E-state index contributed by atoms with van der Waals surface area (Å²) < 4.78 is 40.7. The van der Waals surface area contributed by atoms with Crippen molar-refractivity contribution in [3.05, 3.63) is 101 Å². The summed E-state index contributed by atoms with van der Waals surface area (Å²) in [4.78, 5) is 29.2. The Bertz CT molecular complexity index is 1400. The summed E-state index contributed by atoms with van der Waals surface area (Å²) in [6, 6.07) is 21.1. The van der Waals surface area contributed by atoms with Gasteiger partial charge in [-0.1, -0.05) is 67.6 Å². The Kier molecular flexibility index (Phi) is 10.1. The number of benzene rings is 3. The summed E-state index contributed by atoms with van der Waals surface area (Å²) in [6.07, 6.45) is 1.84. The number of sulfonamides is 1. The van der Waals surface area contributed by atoms with E-state index >= 15 is 0 Å². The van der Waals surface area contributed by atoms with Crippen molar-refractivity contribution < 1.29 is 22.4 Å². The van der Waals surface area contributed by atoms with E-state index in [0.717, 1.165) is 21.7 Å². The highest BCUT2D eigenvalue weighted by atomic mass is 32.2. The highest BCUT2D eigenvalue weighted by Crippen LogP contribution is 2.25. The van der Waals surface area contributed by atoms with Gasteiger partial charge < -0.3 is 10.2 Å². The maximum atomic E-state index is 14.1. The lowest BCUT2D eigenvalue weighted by atomic mass is 10.0. The number of aryl methyl sites for hydroxylation is 1. The average Bonchev–Trinajstić information content (AvgIpc) is 2.89. The first kappa shape index (κ1) is 30.8. The summed E-state index contributed by atoms with van der Waals surface area (Å²) in [7, 11) is -3.86. The van der Waals surface area contributed by atoms with Gasteiger partial charge in [-0.25, -0.2) is 12.8 Å². The number of carbonyl (C=O) groups excluding carboxylic acids is 2. The topological polar surface area (TPSA) is 86.8 Å². The van der Waals surface area contributed by atoms with Gasteiger partial charge in [0.15, 0.2) is 0 Å². The molecule has 1 unspecified atom stereocenters. The normalized spacial score (nSPS) is 12.4. The number of hydrogen-bond donors (Lipinski definition) is 1. The molecule has 0 saturated heterocycles. The molecule has 0 aliphatic heterocycles. The quantitative estimate of drug-likeness (QED) is 0.364. The predicted octanol–water partition coefficient (Wildman–Crippen LogP) is 4.71. The molecule has 3 aromatic rings. The largest absolute Gasteiger partial charge is 0.350 e. The van der Waals surface area contributed by atoms with Crippen molar-refractivity contribution in [3.8, 4) is 0 Å². The standard InChI is InChI=1S/C31H38FN3O4S/c1-6-25-14-10-11-15-27(25)35(40(5,38)39)22-29(36)34(21-24-16-18-26(32)19-17-24)28(30(37)33-31(2,3)4)20-23-12-8-7-9-13-23/h7-19,28H,6,20-22H2,1-5H3,(H,33,37). The van der Waals surface area contributed by atoms with Gasteiger partial charge in [-0.2, -0.15) is 0 Å². The SMILES string of the molecule is CCc1ccccc1N(CC(=O)N(Cc1ccc(F)cc1)C(Cc1ccccc1)C(=O)NC(C)(C)C)S(C)(=O)=O. The third-order valence-corrected chi connectivity index (χ3v) is 7.48. The first-order chi connectivity index (χ1) is 18.8. The number of para-hydroxylation sites is 1. The van der Waals surface area contributed by atoms with Crippen LogP contribution in [0.5, 0.6) is 0 Å². The minimum Gasteiger partial charge on any atom is -0.350 e. The molecule has 3 rings (SSSR count). The molecule has 1 N–H and O–H groups in total. The first-order valence-electron chi connectivity index (χ1n) is 13.2. The van der Waals surface area contributed by atoms with E-state index in [1.54, 1.807) is 24.3 Å². The van der Waals surface area contributed by atoms with Gasteiger partial charge in [0.2, 0.25) is 21.8 Å². The lowest BCUT2D eigenvalue weighted by Gasteiger charge is -2.35. The van der Waals surface area contributed by atoms with E-state index in [4.69, 9.17) is 0 Å². The molecule has 7 nitrogen and oxygen atoms in total. The van der Waals surface area contributed by atoms with Crippen molar-refractivity contribution in [2.75, 3.05) is 17.1 Å². The number of nitrogens with zero attached hydrogens (tertiary/aromatic N) is 2. The van der Waals surface area contributed by atoms with E-state index in [1.165, 1.54) is 17.0 Å². The minimum atomic E-state index is -3.86. The van der Waals surface area contributed by atoms with E-state index in [9.17, 15) is 22.4 Å². The number of anilines is 1. The molecule has 0 fully saturated rings. The average molecular weight is 568 g/mol. The Hall–Kier alpha value is -3.72. The number of carbonyl (C=O) groups is 2. The number of halogens is 1. The van der Waals surface area contributed by atoms with Crippen LogP contribution in [0.3, 0.4) is 0 Å². The Morgan fingerprint density at radius 3 is 2.08 bits per heavy atom. The zero-order valence-corrected chi connectivity index (χ0v) is 24.5. The molecular weight excluding hydrogens is 529 g/mol. The van der Waals surface area contributed by atoms with E-state index in [1.807, 2.05) is 70.2 Å². The van der Waals surface area contributed by atoms with Gasteiger partial charge in [0, 0.05) is 18.5 Å². The van der Waals surface area contributed by atoms with Gasteiger partial charge in [-0.15, -0.1) is 0 Å². The van der Waals surface area contributed by atoms with Crippen LogP contribution in [0.2, 0.25) is 0 Å². The predicted molar refractivity (Wildman–Crippen MR) is 157 cm³/mol. The van der Waals surface area contributed by atoms with Crippen LogP contribution in [-0.2, 0) is 39.0 Å². The van der Waals surface area contributed by atoms with E-state index in [0.29, 0.717) is 17.7 Å². The Balaban J connectivity index is 2.09. The number of amides is 2. The molecule has 0 aliphatic rings. The smallest absolute Gasteiger partial charge is 0.244 e. The van der Waals surface area contributed by atoms with E-state index < -0.39 is 39.9 Å². The summed E-state index contributed by atoms with van der Waals surface area (Å²) >= 11 is 0. The van der Waals surface area contributed by atoms with Crippen LogP contribution in [0.25, 0.3) is 0 Å². The maximum absolute atomic E-state index is 14.1. The molecule has 0 heterocycles. The molecule has 0 aromatic heterocycles. The highest BCUT2D eigenvalue weighted by molar-refractivity contribution is 7.92. The fourth-order valence-electron chi connectivity index (χ4n) is 4.44. The van der Waals surface area contributed by atoms with Crippen molar-refractivity contribution in [2.45, 2.75) is 58.7 Å². The molecule has 214 valence electrons. The Morgan fingerprint density at radius 1 is 0.900 bits per heavy atom. The summed E-state index contributed by atoms with van der Waals surface area (Å²) in [5, 5.41) is 2.98. The first-order valence-corrected chi connectivity index (χ1v) is 15.1. The van der Waals surface area contributed by atoms with Crippen LogP contribution >= 0.6 is 0 Å². The molecule has 1 atom stereocenters. The zero-order valence-electron chi connectivity index (χ0n) is 23.7. The molecule has 0 bridgehead atoms. The zero-order chi connectivity index (χ0) is 29.5. The monoisotopic (exact) mass is 567 g/mol. The molecule has 2 amide bonds. The number of hydrogen-bond acceptors (Lipinski definition) is 4. The van der Waals surface area contributed by atoms with Gasteiger partial charge in [-0.05, 0) is 62.1 Å². The maximum Gasteiger partial charge on any atom is 0.244 e. The van der Waals surface area contributed by atoms with Gasteiger partial charge in [0.25, 0.3) is 0 Å². The molecule has 0 radical (unpaired) electrons. The molecule has 3 aromatic carbocycles. The Morgan fingerprint density at radius 2 is 1.50 bits per heavy atom. The lowest BCUT2D eigenvalue weighted by molar-refractivity contribution is -0.140. The third kappa shape index (κ3) is 8.64. The molecule has 9 heteroatoms. The second kappa shape index (κ2) is 13.1. The molecule has 0 spiro atoms. The summed E-state index contributed by atoms with van der Waals surface area (Å²) in [5.74, 6) is -1.34. The van der Waals surface area contributed by atoms with Gasteiger partial charge in [0.1, 0.15) is 18.4 Å². The van der Waals surface area contributed by atoms with Crippen molar-refractivity contribution in [1.82, 2.24) is 10.2 Å². The van der Waals surface area contributed by atoms with Crippen LogP contribution in [0.1, 0.15) is 44.4 Å². The fraction of sp³-hybridized carbons (Fsp3) is 0.355. The highest BCUT2D eigenvalue weighted by Gasteiger charge is 2.34. The molecule has 0 aliphatic carbocycles. The number of rotatable bonds is 11. The Labute approximate surface area is 237 Å². The van der Waals surface area contributed by atoms with Crippen molar-refractivity contribution in [1.29, 1.82) is 0 Å². The minimum absolute atomic E-state index is 0.0127. The van der Waals surface area contributed by atoms with E-state index in [2.05, 4.69) is 5.32 Å². The van der Waals surface area contributed by atoms with Crippen molar-refractivity contribution in [3.63, 3.8) is 0 Å². The van der Waals surface area contributed by atoms with Crippen molar-refractivity contribution >= 4 is 27.5 Å². The van der Waals surface area contributed by atoms with Crippen LogP contribution < -0.4 is 9.62 Å². The number of nitrogens with one attached hydrogen (secondary N) is 1. The second-order valence-corrected chi connectivity index (χ2v) is 12.8. The van der Waals surface area contributed by atoms with Crippen LogP contribution in [0.15, 0.2) is 78.9 Å². The lowest BCUT2D eigenvalue weighted by Crippen LogP contribution is -2.56. The summed E-state index contributed by atoms with van der Waals surface area (Å²) in [5.41, 5.74) is 2.06. The van der Waals surface area contributed by atoms with Gasteiger partial charge in [-0.3, -0.25) is 13.9 Å². The molecule has 40 heavy (non-hydrogen) atoms. The third-order valence-electron chi connectivity index (χ3n) is 6.36. The van der Waals surface area contributed by atoms with Crippen molar-refractivity contribution in [2.24, 2.45) is 0 Å². The van der Waals surface area contributed by atoms with Crippen LogP contribution in [0, 0.1) is 5.82 Å². The molecular formula is C31H38FN3O4S. The van der Waals surface area contributed by atoms with Gasteiger partial charge >= 0.3 is 0 Å². The van der Waals surface area contributed by atoms with Crippen LogP contribution in [-0.4, -0.2) is 49.5 Å². The van der Waals surface area contributed by atoms with Gasteiger partial charge in [0.05, 0.1) is 11.9 Å².